The van der Waals surface area contributed by atoms with Crippen molar-refractivity contribution >= 4 is 18.1 Å². The minimum Gasteiger partial charge on any atom is -0.446 e. The number of hydrogen-bond donors (Lipinski definition) is 2. The Balaban J connectivity index is 1.46. The van der Waals surface area contributed by atoms with Crippen LogP contribution in [0.5, 0.6) is 0 Å². The molecule has 3 aliphatic rings. The molecular formula is C16H20N4O8. The molecule has 0 radical (unpaired) electrons. The minimum absolute atomic E-state index is 0.0394. The zero-order valence-corrected chi connectivity index (χ0v) is 14.9. The maximum absolute atomic E-state index is 12.2. The summed E-state index contributed by atoms with van der Waals surface area (Å²) in [5.41, 5.74) is 1.05. The Hall–Kier alpha value is -2.86. The van der Waals surface area contributed by atoms with Crippen LogP contribution >= 0.6 is 0 Å². The van der Waals surface area contributed by atoms with Gasteiger partial charge in [0.25, 0.3) is 0 Å². The molecule has 3 aliphatic heterocycles. The molecule has 4 atom stereocenters. The van der Waals surface area contributed by atoms with Gasteiger partial charge in [-0.1, -0.05) is 0 Å². The van der Waals surface area contributed by atoms with Crippen molar-refractivity contribution in [2.24, 2.45) is 0 Å². The number of aromatic nitrogens is 2. The third-order valence-electron chi connectivity index (χ3n) is 4.95. The summed E-state index contributed by atoms with van der Waals surface area (Å²) in [6, 6.07) is 1.35. The Morgan fingerprint density at radius 1 is 1.25 bits per heavy atom. The van der Waals surface area contributed by atoms with Gasteiger partial charge in [0.2, 0.25) is 0 Å². The van der Waals surface area contributed by atoms with Crippen LogP contribution in [0.4, 0.5) is 15.4 Å². The molecular weight excluding hydrogens is 376 g/mol. The molecule has 1 amide bonds. The fourth-order valence-corrected chi connectivity index (χ4v) is 3.57. The highest BCUT2D eigenvalue weighted by molar-refractivity contribution is 5.67. The van der Waals surface area contributed by atoms with E-state index in [2.05, 4.69) is 4.98 Å². The molecule has 152 valence electrons. The quantitative estimate of drug-likeness (QED) is 0.545. The zero-order valence-electron chi connectivity index (χ0n) is 14.9. The van der Waals surface area contributed by atoms with Crippen molar-refractivity contribution in [1.29, 1.82) is 0 Å². The van der Waals surface area contributed by atoms with Crippen molar-refractivity contribution in [1.82, 2.24) is 14.5 Å². The summed E-state index contributed by atoms with van der Waals surface area (Å²) in [7, 11) is 0. The Labute approximate surface area is 158 Å². The van der Waals surface area contributed by atoms with Gasteiger partial charge in [0.05, 0.1) is 0 Å². The number of rotatable bonds is 4. The molecule has 28 heavy (non-hydrogen) atoms. The number of carbonyl (C=O) groups excluding carboxylic acids is 2. The highest BCUT2D eigenvalue weighted by Gasteiger charge is 2.55. The molecule has 0 aliphatic carbocycles. The van der Waals surface area contributed by atoms with Gasteiger partial charge in [-0.05, 0) is 25.3 Å². The van der Waals surface area contributed by atoms with Crippen LogP contribution in [0.15, 0.2) is 17.1 Å². The van der Waals surface area contributed by atoms with E-state index in [4.69, 9.17) is 24.2 Å². The predicted molar refractivity (Wildman–Crippen MR) is 89.7 cm³/mol. The SMILES string of the molecule is O=C1O[C@@H]2[C@H](O1)[C@@H](COC(=O)N1CCCCC1)O[C@H]2n1ccc(NO)nc1=O. The van der Waals surface area contributed by atoms with Crippen molar-refractivity contribution in [3.05, 3.63) is 22.7 Å². The van der Waals surface area contributed by atoms with E-state index in [1.807, 2.05) is 0 Å². The molecule has 12 heteroatoms. The van der Waals surface area contributed by atoms with E-state index in [-0.39, 0.29) is 12.4 Å². The summed E-state index contributed by atoms with van der Waals surface area (Å²) < 4.78 is 22.5. The molecule has 1 aromatic heterocycles. The first-order valence-corrected chi connectivity index (χ1v) is 9.00. The zero-order chi connectivity index (χ0) is 19.7. The number of anilines is 1. The molecule has 12 nitrogen and oxygen atoms in total. The number of amides is 1. The van der Waals surface area contributed by atoms with E-state index in [9.17, 15) is 14.4 Å². The number of fused-ring (bicyclic) bond motifs is 1. The van der Waals surface area contributed by atoms with Crippen LogP contribution in [-0.4, -0.2) is 69.9 Å². The van der Waals surface area contributed by atoms with E-state index < -0.39 is 42.5 Å². The van der Waals surface area contributed by atoms with Gasteiger partial charge in [-0.2, -0.15) is 4.98 Å². The second kappa shape index (κ2) is 7.64. The van der Waals surface area contributed by atoms with E-state index >= 15 is 0 Å². The van der Waals surface area contributed by atoms with Gasteiger partial charge in [0.15, 0.2) is 24.3 Å². The number of nitrogens with one attached hydrogen (secondary N) is 1. The van der Waals surface area contributed by atoms with Crippen molar-refractivity contribution < 1.29 is 33.7 Å². The second-order valence-corrected chi connectivity index (χ2v) is 6.72. The third-order valence-corrected chi connectivity index (χ3v) is 4.95. The van der Waals surface area contributed by atoms with E-state index in [1.54, 1.807) is 10.4 Å². The van der Waals surface area contributed by atoms with Crippen molar-refractivity contribution in [3.63, 3.8) is 0 Å². The minimum atomic E-state index is -0.997. The summed E-state index contributed by atoms with van der Waals surface area (Å²) in [6.45, 7) is 1.13. The largest absolute Gasteiger partial charge is 0.509 e. The van der Waals surface area contributed by atoms with Crippen LogP contribution in [0.25, 0.3) is 0 Å². The van der Waals surface area contributed by atoms with Crippen LogP contribution < -0.4 is 11.2 Å². The summed E-state index contributed by atoms with van der Waals surface area (Å²) in [6.07, 6.45) is -0.556. The number of carbonyl (C=O) groups is 2. The first-order chi connectivity index (χ1) is 13.6. The lowest BCUT2D eigenvalue weighted by atomic mass is 10.1. The number of hydrogen-bond acceptors (Lipinski definition) is 10. The third kappa shape index (κ3) is 3.47. The lowest BCUT2D eigenvalue weighted by molar-refractivity contribution is -0.0772. The van der Waals surface area contributed by atoms with Gasteiger partial charge in [0, 0.05) is 19.3 Å². The Bertz CT molecular complexity index is 808. The van der Waals surface area contributed by atoms with Gasteiger partial charge < -0.3 is 23.8 Å². The topological polar surface area (TPSA) is 141 Å². The lowest BCUT2D eigenvalue weighted by Crippen LogP contribution is -2.39. The van der Waals surface area contributed by atoms with Crippen LogP contribution in [0.2, 0.25) is 0 Å². The monoisotopic (exact) mass is 396 g/mol. The Morgan fingerprint density at radius 3 is 2.71 bits per heavy atom. The van der Waals surface area contributed by atoms with Crippen LogP contribution in [0.3, 0.4) is 0 Å². The highest BCUT2D eigenvalue weighted by atomic mass is 16.8. The number of likely N-dealkylation sites (tertiary alicyclic amines) is 1. The molecule has 0 saturated carbocycles. The average molecular weight is 396 g/mol. The van der Waals surface area contributed by atoms with Gasteiger partial charge >= 0.3 is 17.9 Å². The molecule has 0 aromatic carbocycles. The second-order valence-electron chi connectivity index (χ2n) is 6.72. The number of piperidine rings is 1. The summed E-state index contributed by atoms with van der Waals surface area (Å²) in [5.74, 6) is -0.0394. The average Bonchev–Trinajstić information content (AvgIpc) is 3.24. The van der Waals surface area contributed by atoms with Crippen molar-refractivity contribution in [2.45, 2.75) is 43.8 Å². The molecule has 0 spiro atoms. The standard InChI is InChI=1S/C16H20N4O8/c21-14-17-10(18-24)4-7-20(14)13-12-11(27-16(23)28-12)9(26-13)8-25-15(22)19-5-2-1-3-6-19/h4,7,9,11-13,24H,1-3,5-6,8H2,(H,17,18,21)/t9-,11-,12-,13-/m1/s1. The summed E-state index contributed by atoms with van der Waals surface area (Å²) >= 11 is 0. The molecule has 4 heterocycles. The number of ether oxygens (including phenoxy) is 4. The maximum Gasteiger partial charge on any atom is 0.509 e. The summed E-state index contributed by atoms with van der Waals surface area (Å²) in [5, 5.41) is 8.84. The predicted octanol–water partition coefficient (Wildman–Crippen LogP) is 0.468. The summed E-state index contributed by atoms with van der Waals surface area (Å²) in [4.78, 5) is 41.2. The Morgan fingerprint density at radius 2 is 2.00 bits per heavy atom. The number of nitrogens with zero attached hydrogens (tertiary/aromatic N) is 3. The van der Waals surface area contributed by atoms with Gasteiger partial charge in [0.1, 0.15) is 12.7 Å². The van der Waals surface area contributed by atoms with Crippen molar-refractivity contribution in [2.75, 3.05) is 25.2 Å². The normalized spacial score (nSPS) is 29.0. The fourth-order valence-electron chi connectivity index (χ4n) is 3.57. The van der Waals surface area contributed by atoms with Crippen LogP contribution in [0.1, 0.15) is 25.5 Å². The molecule has 0 bridgehead atoms. The fraction of sp³-hybridized carbons (Fsp3) is 0.625. The van der Waals surface area contributed by atoms with Gasteiger partial charge in [-0.3, -0.25) is 15.3 Å². The highest BCUT2D eigenvalue weighted by Crippen LogP contribution is 2.37. The molecule has 0 unspecified atom stereocenters. The van der Waals surface area contributed by atoms with E-state index in [0.29, 0.717) is 13.1 Å². The first kappa shape index (κ1) is 18.5. The molecule has 1 aromatic rings. The van der Waals surface area contributed by atoms with E-state index in [1.165, 1.54) is 12.3 Å². The molecule has 2 N–H and O–H groups in total. The van der Waals surface area contributed by atoms with Gasteiger partial charge in [-0.15, -0.1) is 0 Å². The molecule has 3 fully saturated rings. The van der Waals surface area contributed by atoms with Gasteiger partial charge in [-0.25, -0.2) is 14.4 Å². The molecule has 4 rings (SSSR count). The molecule has 3 saturated heterocycles. The van der Waals surface area contributed by atoms with Crippen LogP contribution in [0, 0.1) is 0 Å². The van der Waals surface area contributed by atoms with Crippen LogP contribution in [-0.2, 0) is 18.9 Å². The maximum atomic E-state index is 12.2. The van der Waals surface area contributed by atoms with E-state index in [0.717, 1.165) is 23.8 Å². The smallest absolute Gasteiger partial charge is 0.446 e. The first-order valence-electron chi connectivity index (χ1n) is 9.00. The van der Waals surface area contributed by atoms with Crippen molar-refractivity contribution in [3.8, 4) is 0 Å². The lowest BCUT2D eigenvalue weighted by Gasteiger charge is -2.26. The Kier molecular flexibility index (Phi) is 5.05.